The number of phosphoric ester groups is 1. The Labute approximate surface area is 327 Å². The molecule has 0 bridgehead atoms. The summed E-state index contributed by atoms with van der Waals surface area (Å²) < 4.78 is 33.1. The number of rotatable bonds is 42. The van der Waals surface area contributed by atoms with Gasteiger partial charge in [0.15, 0.2) is 6.10 Å². The Balaban J connectivity index is 4.23. The van der Waals surface area contributed by atoms with E-state index in [1.165, 1.54) is 154 Å². The van der Waals surface area contributed by atoms with Crippen LogP contribution in [0.4, 0.5) is 0 Å². The van der Waals surface area contributed by atoms with Gasteiger partial charge in [-0.3, -0.25) is 14.2 Å². The molecule has 2 atom stereocenters. The van der Waals surface area contributed by atoms with E-state index in [-0.39, 0.29) is 32.0 Å². The van der Waals surface area contributed by atoms with Crippen LogP contribution < -0.4 is 4.89 Å². The SMILES string of the molecule is CCCCCCCCCCCCCCCCCC(=O)OC[C@H](COP(=O)([O-])OCCN(C)C)OC(=O)CCCCCCCCCCCCCCCCC. The highest BCUT2D eigenvalue weighted by Gasteiger charge is 2.21. The maximum Gasteiger partial charge on any atom is 0.306 e. The number of likely N-dealkylation sites (N-methyl/N-ethyl adjacent to an activating group) is 1. The van der Waals surface area contributed by atoms with Crippen molar-refractivity contribution in [1.82, 2.24) is 4.90 Å². The first-order valence-corrected chi connectivity index (χ1v) is 23.8. The van der Waals surface area contributed by atoms with Crippen LogP contribution in [0.25, 0.3) is 0 Å². The standard InChI is InChI=1S/C43H86NO8P/c1-5-7-9-11-13-15-17-19-21-23-25-27-29-31-33-35-42(45)49-39-41(40-51-53(47,48)50-38-37-44(3)4)52-43(46)36-34-32-30-28-26-24-22-20-18-16-14-12-10-8-6-2/h41H,5-40H2,1-4H3,(H,47,48)/p-1/t41-/m1/s1. The minimum absolute atomic E-state index is 0.0499. The zero-order valence-electron chi connectivity index (χ0n) is 35.2. The maximum absolute atomic E-state index is 12.6. The first-order chi connectivity index (χ1) is 25.7. The second kappa shape index (κ2) is 39.3. The van der Waals surface area contributed by atoms with Gasteiger partial charge in [-0.15, -0.1) is 0 Å². The summed E-state index contributed by atoms with van der Waals surface area (Å²) in [5.74, 6) is -0.822. The third kappa shape index (κ3) is 40.5. The van der Waals surface area contributed by atoms with E-state index in [1.807, 2.05) is 14.1 Å². The van der Waals surface area contributed by atoms with E-state index in [0.717, 1.165) is 32.1 Å². The Hall–Kier alpha value is -0.990. The zero-order valence-corrected chi connectivity index (χ0v) is 36.1. The second-order valence-electron chi connectivity index (χ2n) is 15.6. The van der Waals surface area contributed by atoms with Crippen LogP contribution in [-0.2, 0) is 32.7 Å². The lowest BCUT2D eigenvalue weighted by molar-refractivity contribution is -0.228. The zero-order chi connectivity index (χ0) is 39.1. The number of hydrogen-bond acceptors (Lipinski definition) is 9. The molecule has 0 aromatic heterocycles. The third-order valence-electron chi connectivity index (χ3n) is 9.90. The normalized spacial score (nSPS) is 13.3. The topological polar surface area (TPSA) is 114 Å². The quantitative estimate of drug-likeness (QED) is 0.0339. The Morgan fingerprint density at radius 3 is 1.21 bits per heavy atom. The summed E-state index contributed by atoms with van der Waals surface area (Å²) in [7, 11) is -0.987. The molecular weight excluding hydrogens is 689 g/mol. The molecule has 0 amide bonds. The number of unbranched alkanes of at least 4 members (excludes halogenated alkanes) is 28. The summed E-state index contributed by atoms with van der Waals surface area (Å²) in [6.07, 6.45) is 36.9. The van der Waals surface area contributed by atoms with Crippen molar-refractivity contribution in [2.75, 3.05) is 40.5 Å². The molecule has 9 nitrogen and oxygen atoms in total. The van der Waals surface area contributed by atoms with Crippen LogP contribution >= 0.6 is 7.82 Å². The first-order valence-electron chi connectivity index (χ1n) is 22.3. The maximum atomic E-state index is 12.6. The predicted octanol–water partition coefficient (Wildman–Crippen LogP) is 12.0. The molecule has 316 valence electrons. The van der Waals surface area contributed by atoms with Crippen molar-refractivity contribution in [3.63, 3.8) is 0 Å². The van der Waals surface area contributed by atoms with Crippen LogP contribution in [0.5, 0.6) is 0 Å². The fourth-order valence-corrected chi connectivity index (χ4v) is 7.18. The number of hydrogen-bond donors (Lipinski definition) is 0. The van der Waals surface area contributed by atoms with Gasteiger partial charge in [0, 0.05) is 19.4 Å². The Kier molecular flexibility index (Phi) is 38.5. The van der Waals surface area contributed by atoms with Gasteiger partial charge in [-0.1, -0.05) is 194 Å². The lowest BCUT2D eigenvalue weighted by Gasteiger charge is -2.26. The summed E-state index contributed by atoms with van der Waals surface area (Å²) in [5, 5.41) is 0. The molecule has 0 saturated carbocycles. The van der Waals surface area contributed by atoms with Gasteiger partial charge < -0.3 is 28.3 Å². The van der Waals surface area contributed by atoms with Gasteiger partial charge in [-0.2, -0.15) is 0 Å². The molecule has 0 aliphatic rings. The van der Waals surface area contributed by atoms with E-state index in [2.05, 4.69) is 13.8 Å². The molecule has 0 heterocycles. The molecule has 0 spiro atoms. The highest BCUT2D eigenvalue weighted by atomic mass is 31.2. The van der Waals surface area contributed by atoms with Crippen molar-refractivity contribution >= 4 is 19.8 Å². The van der Waals surface area contributed by atoms with Crippen molar-refractivity contribution in [3.05, 3.63) is 0 Å². The molecule has 0 aliphatic heterocycles. The van der Waals surface area contributed by atoms with Gasteiger partial charge in [0.1, 0.15) is 6.61 Å². The number of nitrogens with zero attached hydrogens (tertiary/aromatic N) is 1. The molecule has 0 fully saturated rings. The third-order valence-corrected chi connectivity index (χ3v) is 10.9. The average Bonchev–Trinajstić information content (AvgIpc) is 3.12. The summed E-state index contributed by atoms with van der Waals surface area (Å²) in [6, 6.07) is 0. The van der Waals surface area contributed by atoms with Crippen molar-refractivity contribution in [1.29, 1.82) is 0 Å². The van der Waals surface area contributed by atoms with Crippen LogP contribution in [0.15, 0.2) is 0 Å². The van der Waals surface area contributed by atoms with E-state index in [9.17, 15) is 19.0 Å². The molecule has 0 aromatic rings. The van der Waals surface area contributed by atoms with E-state index in [1.54, 1.807) is 4.90 Å². The number of carbonyl (C=O) groups is 2. The van der Waals surface area contributed by atoms with Gasteiger partial charge >= 0.3 is 11.9 Å². The Morgan fingerprint density at radius 2 is 0.849 bits per heavy atom. The van der Waals surface area contributed by atoms with Crippen LogP contribution in [0.3, 0.4) is 0 Å². The summed E-state index contributed by atoms with van der Waals surface area (Å²) in [5.41, 5.74) is 0. The van der Waals surface area contributed by atoms with E-state index < -0.39 is 26.5 Å². The monoisotopic (exact) mass is 775 g/mol. The van der Waals surface area contributed by atoms with E-state index >= 15 is 0 Å². The van der Waals surface area contributed by atoms with Crippen LogP contribution in [-0.4, -0.2) is 63.4 Å². The smallest absolute Gasteiger partial charge is 0.306 e. The van der Waals surface area contributed by atoms with Crippen molar-refractivity contribution < 1.29 is 37.6 Å². The molecule has 1 unspecified atom stereocenters. The minimum Gasteiger partial charge on any atom is -0.756 e. The Morgan fingerprint density at radius 1 is 0.509 bits per heavy atom. The lowest BCUT2D eigenvalue weighted by atomic mass is 10.0. The summed E-state index contributed by atoms with van der Waals surface area (Å²) >= 11 is 0. The van der Waals surface area contributed by atoms with Crippen molar-refractivity contribution in [3.8, 4) is 0 Å². The van der Waals surface area contributed by atoms with Gasteiger partial charge in [0.05, 0.1) is 13.2 Å². The van der Waals surface area contributed by atoms with Crippen LogP contribution in [0.1, 0.15) is 219 Å². The molecule has 0 aromatic carbocycles. The van der Waals surface area contributed by atoms with Gasteiger partial charge in [-0.05, 0) is 26.9 Å². The summed E-state index contributed by atoms with van der Waals surface area (Å²) in [4.78, 5) is 39.1. The highest BCUT2D eigenvalue weighted by molar-refractivity contribution is 7.45. The second-order valence-corrected chi connectivity index (χ2v) is 17.0. The van der Waals surface area contributed by atoms with E-state index in [4.69, 9.17) is 18.5 Å². The van der Waals surface area contributed by atoms with Gasteiger partial charge in [0.25, 0.3) is 7.82 Å². The van der Waals surface area contributed by atoms with E-state index in [0.29, 0.717) is 13.0 Å². The Bertz CT molecular complexity index is 858. The fraction of sp³-hybridized carbons (Fsp3) is 0.953. The number of ether oxygens (including phenoxy) is 2. The minimum atomic E-state index is -4.60. The molecule has 0 radical (unpaired) electrons. The highest BCUT2D eigenvalue weighted by Crippen LogP contribution is 2.38. The number of phosphoric acid groups is 1. The fourth-order valence-electron chi connectivity index (χ4n) is 6.45. The molecule has 0 saturated heterocycles. The van der Waals surface area contributed by atoms with Crippen molar-refractivity contribution in [2.24, 2.45) is 0 Å². The molecule has 0 aliphatic carbocycles. The van der Waals surface area contributed by atoms with Crippen molar-refractivity contribution in [2.45, 2.75) is 225 Å². The molecule has 53 heavy (non-hydrogen) atoms. The molecular formula is C43H85NO8P-. The number of carbonyl (C=O) groups excluding carboxylic acids is 2. The van der Waals surface area contributed by atoms with Crippen LogP contribution in [0.2, 0.25) is 0 Å². The largest absolute Gasteiger partial charge is 0.756 e. The van der Waals surface area contributed by atoms with Crippen LogP contribution in [0, 0.1) is 0 Å². The first kappa shape index (κ1) is 52.0. The lowest BCUT2D eigenvalue weighted by Crippen LogP contribution is -2.30. The summed E-state index contributed by atoms with van der Waals surface area (Å²) in [6.45, 7) is 4.17. The predicted molar refractivity (Wildman–Crippen MR) is 218 cm³/mol. The average molecular weight is 775 g/mol. The van der Waals surface area contributed by atoms with Gasteiger partial charge in [-0.25, -0.2) is 0 Å². The molecule has 0 N–H and O–H groups in total. The molecule has 10 heteroatoms. The number of esters is 2. The van der Waals surface area contributed by atoms with Gasteiger partial charge in [0.2, 0.25) is 0 Å². The molecule has 0 rings (SSSR count).